The summed E-state index contributed by atoms with van der Waals surface area (Å²) in [7, 11) is -3.38. The Labute approximate surface area is 123 Å². The van der Waals surface area contributed by atoms with Gasteiger partial charge in [-0.15, -0.1) is 10.2 Å². The molecule has 1 atom stereocenters. The van der Waals surface area contributed by atoms with Crippen molar-refractivity contribution in [3.8, 4) is 11.5 Å². The Balaban J connectivity index is 2.11. The van der Waals surface area contributed by atoms with Crippen molar-refractivity contribution >= 4 is 9.84 Å². The molecule has 1 N–H and O–H groups in total. The van der Waals surface area contributed by atoms with Gasteiger partial charge in [0.1, 0.15) is 5.75 Å². The summed E-state index contributed by atoms with van der Waals surface area (Å²) in [5.41, 5.74) is 1.86. The fourth-order valence-corrected chi connectivity index (χ4v) is 3.44. The highest BCUT2D eigenvalue weighted by atomic mass is 32.2. The molecule has 0 aliphatic rings. The zero-order valence-corrected chi connectivity index (χ0v) is 12.8. The lowest BCUT2D eigenvalue weighted by molar-refractivity contribution is 0.249. The van der Waals surface area contributed by atoms with Crippen molar-refractivity contribution in [2.75, 3.05) is 12.4 Å². The van der Waals surface area contributed by atoms with Gasteiger partial charge < -0.3 is 9.52 Å². The minimum atomic E-state index is -3.38. The van der Waals surface area contributed by atoms with Gasteiger partial charge in [-0.1, -0.05) is 24.6 Å². The Morgan fingerprint density at radius 2 is 1.90 bits per heavy atom. The van der Waals surface area contributed by atoms with Crippen LogP contribution in [-0.4, -0.2) is 36.1 Å². The van der Waals surface area contributed by atoms with Gasteiger partial charge in [-0.05, 0) is 25.0 Å². The Morgan fingerprint density at radius 1 is 1.24 bits per heavy atom. The van der Waals surface area contributed by atoms with E-state index in [-0.39, 0.29) is 29.9 Å². The standard InChI is InChI=1S/C14H18N2O4S/c1-10-3-5-12(6-4-10)14-16-15-13(20-14)9-21(18,19)8-11(2)7-17/h3-6,11,17H,7-9H2,1-2H3. The molecular weight excluding hydrogens is 292 g/mol. The highest BCUT2D eigenvalue weighted by Crippen LogP contribution is 2.19. The van der Waals surface area contributed by atoms with Crippen LogP contribution in [0.4, 0.5) is 0 Å². The Kier molecular flexibility index (Phi) is 4.74. The van der Waals surface area contributed by atoms with Gasteiger partial charge in [-0.2, -0.15) is 0 Å². The van der Waals surface area contributed by atoms with E-state index in [1.165, 1.54) is 0 Å². The van der Waals surface area contributed by atoms with E-state index in [0.717, 1.165) is 11.1 Å². The zero-order chi connectivity index (χ0) is 15.5. The van der Waals surface area contributed by atoms with Crippen LogP contribution in [-0.2, 0) is 15.6 Å². The van der Waals surface area contributed by atoms with Crippen molar-refractivity contribution < 1.29 is 17.9 Å². The molecular formula is C14H18N2O4S. The van der Waals surface area contributed by atoms with Crippen LogP contribution >= 0.6 is 0 Å². The molecule has 0 saturated carbocycles. The van der Waals surface area contributed by atoms with Gasteiger partial charge in [-0.3, -0.25) is 0 Å². The monoisotopic (exact) mass is 310 g/mol. The zero-order valence-electron chi connectivity index (χ0n) is 12.0. The number of hydrogen-bond donors (Lipinski definition) is 1. The van der Waals surface area contributed by atoms with Crippen molar-refractivity contribution in [1.82, 2.24) is 10.2 Å². The number of hydrogen-bond acceptors (Lipinski definition) is 6. The third-order valence-corrected chi connectivity index (χ3v) is 4.72. The minimum Gasteiger partial charge on any atom is -0.420 e. The lowest BCUT2D eigenvalue weighted by Crippen LogP contribution is -2.18. The summed E-state index contributed by atoms with van der Waals surface area (Å²) in [6.07, 6.45) is 0. The highest BCUT2D eigenvalue weighted by molar-refractivity contribution is 7.90. The predicted molar refractivity (Wildman–Crippen MR) is 78.2 cm³/mol. The average molecular weight is 310 g/mol. The number of benzene rings is 1. The van der Waals surface area contributed by atoms with Crippen LogP contribution in [0.1, 0.15) is 18.4 Å². The topological polar surface area (TPSA) is 93.3 Å². The van der Waals surface area contributed by atoms with Gasteiger partial charge in [0, 0.05) is 12.2 Å². The first-order valence-electron chi connectivity index (χ1n) is 6.60. The Morgan fingerprint density at radius 3 is 2.52 bits per heavy atom. The first-order chi connectivity index (χ1) is 9.89. The molecule has 21 heavy (non-hydrogen) atoms. The summed E-state index contributed by atoms with van der Waals surface area (Å²) >= 11 is 0. The quantitative estimate of drug-likeness (QED) is 0.871. The molecule has 0 radical (unpaired) electrons. The van der Waals surface area contributed by atoms with Crippen LogP contribution in [0.15, 0.2) is 28.7 Å². The summed E-state index contributed by atoms with van der Waals surface area (Å²) in [5, 5.41) is 16.6. The predicted octanol–water partition coefficient (Wildman–Crippen LogP) is 1.59. The summed E-state index contributed by atoms with van der Waals surface area (Å²) in [5.74, 6) is -0.359. The van der Waals surface area contributed by atoms with Gasteiger partial charge in [-0.25, -0.2) is 8.42 Å². The van der Waals surface area contributed by atoms with Crippen LogP contribution in [0, 0.1) is 12.8 Å². The molecule has 1 aromatic heterocycles. The van der Waals surface area contributed by atoms with Crippen LogP contribution in [0.2, 0.25) is 0 Å². The SMILES string of the molecule is Cc1ccc(-c2nnc(CS(=O)(=O)CC(C)CO)o2)cc1. The first-order valence-corrected chi connectivity index (χ1v) is 8.42. The van der Waals surface area contributed by atoms with Crippen molar-refractivity contribution in [2.45, 2.75) is 19.6 Å². The Bertz CT molecular complexity index is 692. The second kappa shape index (κ2) is 6.36. The maximum absolute atomic E-state index is 11.9. The van der Waals surface area contributed by atoms with Crippen molar-refractivity contribution in [2.24, 2.45) is 5.92 Å². The van der Waals surface area contributed by atoms with Gasteiger partial charge in [0.15, 0.2) is 9.84 Å². The molecule has 0 spiro atoms. The number of rotatable bonds is 6. The molecule has 114 valence electrons. The molecule has 1 aromatic carbocycles. The van der Waals surface area contributed by atoms with E-state index in [4.69, 9.17) is 9.52 Å². The van der Waals surface area contributed by atoms with E-state index >= 15 is 0 Å². The summed E-state index contributed by atoms with van der Waals surface area (Å²) in [6, 6.07) is 7.52. The highest BCUT2D eigenvalue weighted by Gasteiger charge is 2.20. The summed E-state index contributed by atoms with van der Waals surface area (Å²) in [4.78, 5) is 0. The van der Waals surface area contributed by atoms with Gasteiger partial charge >= 0.3 is 0 Å². The minimum absolute atomic E-state index is 0.0655. The number of aromatic nitrogens is 2. The van der Waals surface area contributed by atoms with E-state index in [1.807, 2.05) is 31.2 Å². The summed E-state index contributed by atoms with van der Waals surface area (Å²) in [6.45, 7) is 3.47. The molecule has 0 amide bonds. The lowest BCUT2D eigenvalue weighted by Gasteiger charge is -2.06. The van der Waals surface area contributed by atoms with Gasteiger partial charge in [0.25, 0.3) is 0 Å². The van der Waals surface area contributed by atoms with Gasteiger partial charge in [0.05, 0.1) is 5.75 Å². The van der Waals surface area contributed by atoms with E-state index < -0.39 is 9.84 Å². The largest absolute Gasteiger partial charge is 0.420 e. The number of sulfone groups is 1. The second-order valence-electron chi connectivity index (χ2n) is 5.21. The smallest absolute Gasteiger partial charge is 0.247 e. The van der Waals surface area contributed by atoms with Crippen molar-refractivity contribution in [3.05, 3.63) is 35.7 Å². The Hall–Kier alpha value is -1.73. The molecule has 1 unspecified atom stereocenters. The number of nitrogens with zero attached hydrogens (tertiary/aromatic N) is 2. The van der Waals surface area contributed by atoms with Crippen LogP contribution in [0.3, 0.4) is 0 Å². The molecule has 2 aromatic rings. The maximum Gasteiger partial charge on any atom is 0.247 e. The molecule has 1 heterocycles. The number of aliphatic hydroxyl groups is 1. The molecule has 0 aliphatic carbocycles. The average Bonchev–Trinajstić information content (AvgIpc) is 2.86. The molecule has 7 heteroatoms. The van der Waals surface area contributed by atoms with E-state index in [0.29, 0.717) is 5.89 Å². The second-order valence-corrected chi connectivity index (χ2v) is 7.32. The molecule has 6 nitrogen and oxygen atoms in total. The fourth-order valence-electron chi connectivity index (χ4n) is 1.86. The van der Waals surface area contributed by atoms with Crippen LogP contribution in [0.25, 0.3) is 11.5 Å². The van der Waals surface area contributed by atoms with Crippen molar-refractivity contribution in [1.29, 1.82) is 0 Å². The molecule has 0 bridgehead atoms. The first kappa shape index (κ1) is 15.7. The van der Waals surface area contributed by atoms with Crippen molar-refractivity contribution in [3.63, 3.8) is 0 Å². The maximum atomic E-state index is 11.9. The van der Waals surface area contributed by atoms with E-state index in [1.54, 1.807) is 6.92 Å². The lowest BCUT2D eigenvalue weighted by atomic mass is 10.1. The van der Waals surface area contributed by atoms with Crippen LogP contribution in [0.5, 0.6) is 0 Å². The number of aryl methyl sites for hydroxylation is 1. The molecule has 0 saturated heterocycles. The van der Waals surface area contributed by atoms with E-state index in [2.05, 4.69) is 10.2 Å². The fraction of sp³-hybridized carbons (Fsp3) is 0.429. The molecule has 0 fully saturated rings. The van der Waals surface area contributed by atoms with Gasteiger partial charge in [0.2, 0.25) is 11.8 Å². The van der Waals surface area contributed by atoms with Crippen LogP contribution < -0.4 is 0 Å². The third-order valence-electron chi connectivity index (χ3n) is 2.96. The molecule has 0 aliphatic heterocycles. The normalized spacial score (nSPS) is 13.3. The summed E-state index contributed by atoms with van der Waals surface area (Å²) < 4.78 is 29.2. The van der Waals surface area contributed by atoms with E-state index in [9.17, 15) is 8.42 Å². The third kappa shape index (κ3) is 4.37. The number of aliphatic hydroxyl groups excluding tert-OH is 1. The molecule has 2 rings (SSSR count).